The fraction of sp³-hybridized carbons (Fsp3) is 0.545. The standard InChI is InChI=1S/C11H14N4O6/c1-11(7(18)6(17)4(2-16)21-11)15-3-12-5-8(15)13-10(20)14-9(5)19/h3-4,6-7,16-18H,2H2,1H3,(H2,13,14,19,20)/t4-,6-,7-,11-/m1/s1. The predicted molar refractivity (Wildman–Crippen MR) is 68.6 cm³/mol. The van der Waals surface area contributed by atoms with E-state index in [1.54, 1.807) is 0 Å². The van der Waals surface area contributed by atoms with Gasteiger partial charge in [0.1, 0.15) is 24.0 Å². The number of imidazole rings is 1. The zero-order chi connectivity index (χ0) is 15.4. The van der Waals surface area contributed by atoms with Crippen LogP contribution in [-0.4, -0.2) is 59.8 Å². The quantitative estimate of drug-likeness (QED) is 0.401. The first-order valence-corrected chi connectivity index (χ1v) is 6.23. The first-order valence-electron chi connectivity index (χ1n) is 6.23. The maximum atomic E-state index is 11.7. The van der Waals surface area contributed by atoms with Crippen LogP contribution in [0.25, 0.3) is 11.2 Å². The summed E-state index contributed by atoms with van der Waals surface area (Å²) in [4.78, 5) is 31.4. The summed E-state index contributed by atoms with van der Waals surface area (Å²) in [5, 5.41) is 29.2. The molecule has 0 radical (unpaired) electrons. The van der Waals surface area contributed by atoms with Gasteiger partial charge in [-0.1, -0.05) is 0 Å². The molecule has 0 aromatic carbocycles. The fourth-order valence-corrected chi connectivity index (χ4v) is 2.58. The first kappa shape index (κ1) is 13.9. The average molecular weight is 298 g/mol. The molecule has 3 heterocycles. The molecule has 0 aliphatic carbocycles. The number of rotatable bonds is 2. The van der Waals surface area contributed by atoms with E-state index in [4.69, 9.17) is 9.84 Å². The normalized spacial score (nSPS) is 32.9. The van der Waals surface area contributed by atoms with Crippen LogP contribution >= 0.6 is 0 Å². The third-order valence-electron chi connectivity index (χ3n) is 3.74. The Kier molecular flexibility index (Phi) is 2.99. The molecular weight excluding hydrogens is 284 g/mol. The fourth-order valence-electron chi connectivity index (χ4n) is 2.58. The molecule has 2 aromatic rings. The van der Waals surface area contributed by atoms with Crippen molar-refractivity contribution >= 4 is 11.2 Å². The van der Waals surface area contributed by atoms with Crippen LogP contribution in [0, 0.1) is 0 Å². The van der Waals surface area contributed by atoms with E-state index < -0.39 is 41.9 Å². The molecule has 10 heteroatoms. The van der Waals surface area contributed by atoms with Crippen molar-refractivity contribution in [2.75, 3.05) is 6.61 Å². The van der Waals surface area contributed by atoms with Crippen molar-refractivity contribution in [3.05, 3.63) is 27.2 Å². The summed E-state index contributed by atoms with van der Waals surface area (Å²) in [7, 11) is 0. The molecule has 0 unspecified atom stereocenters. The smallest absolute Gasteiger partial charge is 0.327 e. The van der Waals surface area contributed by atoms with Gasteiger partial charge in [-0.15, -0.1) is 0 Å². The predicted octanol–water partition coefficient (Wildman–Crippen LogP) is -2.80. The van der Waals surface area contributed by atoms with Crippen molar-refractivity contribution in [3.8, 4) is 0 Å². The summed E-state index contributed by atoms with van der Waals surface area (Å²) in [6.07, 6.45) is -2.47. The Morgan fingerprint density at radius 1 is 1.43 bits per heavy atom. The van der Waals surface area contributed by atoms with Crippen molar-refractivity contribution in [1.82, 2.24) is 19.5 Å². The van der Waals surface area contributed by atoms with E-state index >= 15 is 0 Å². The lowest BCUT2D eigenvalue weighted by Gasteiger charge is -2.29. The van der Waals surface area contributed by atoms with Gasteiger partial charge >= 0.3 is 5.69 Å². The first-order chi connectivity index (χ1) is 9.88. The Bertz CT molecular complexity index is 794. The minimum Gasteiger partial charge on any atom is -0.394 e. The third kappa shape index (κ3) is 1.84. The summed E-state index contributed by atoms with van der Waals surface area (Å²) >= 11 is 0. The van der Waals surface area contributed by atoms with Crippen molar-refractivity contribution in [2.45, 2.75) is 31.0 Å². The van der Waals surface area contributed by atoms with Gasteiger partial charge in [0.25, 0.3) is 5.56 Å². The molecule has 0 spiro atoms. The van der Waals surface area contributed by atoms with Crippen LogP contribution in [0.3, 0.4) is 0 Å². The number of H-pyrrole nitrogens is 2. The highest BCUT2D eigenvalue weighted by Gasteiger charge is 2.52. The van der Waals surface area contributed by atoms with Crippen LogP contribution in [0.1, 0.15) is 6.92 Å². The van der Waals surface area contributed by atoms with Gasteiger partial charge in [-0.25, -0.2) is 9.78 Å². The van der Waals surface area contributed by atoms with Gasteiger partial charge in [0.2, 0.25) is 0 Å². The molecule has 0 saturated carbocycles. The highest BCUT2D eigenvalue weighted by Crippen LogP contribution is 2.36. The van der Waals surface area contributed by atoms with E-state index in [-0.39, 0.29) is 11.2 Å². The average Bonchev–Trinajstić information content (AvgIpc) is 2.95. The van der Waals surface area contributed by atoms with E-state index in [1.165, 1.54) is 17.8 Å². The second kappa shape index (κ2) is 4.49. The summed E-state index contributed by atoms with van der Waals surface area (Å²) in [5.41, 5.74) is -2.88. The molecule has 1 saturated heterocycles. The van der Waals surface area contributed by atoms with E-state index in [2.05, 4.69) is 9.97 Å². The Morgan fingerprint density at radius 3 is 2.76 bits per heavy atom. The highest BCUT2D eigenvalue weighted by atomic mass is 16.6. The Labute approximate surface area is 116 Å². The molecule has 3 rings (SSSR count). The molecule has 4 atom stereocenters. The zero-order valence-corrected chi connectivity index (χ0v) is 11.0. The third-order valence-corrected chi connectivity index (χ3v) is 3.74. The number of hydrogen-bond donors (Lipinski definition) is 5. The molecule has 2 aromatic heterocycles. The van der Waals surface area contributed by atoms with E-state index in [0.717, 1.165) is 0 Å². The van der Waals surface area contributed by atoms with E-state index in [1.807, 2.05) is 4.98 Å². The van der Waals surface area contributed by atoms with Gasteiger partial charge in [0.15, 0.2) is 11.2 Å². The SMILES string of the molecule is C[C@@]1(n2cnc3c(=O)[nH]c(=O)[nH]c32)O[C@H](CO)[C@@H](O)[C@H]1O. The topological polar surface area (TPSA) is 153 Å². The Balaban J connectivity index is 2.21. The number of ether oxygens (including phenoxy) is 1. The number of nitrogens with zero attached hydrogens (tertiary/aromatic N) is 2. The van der Waals surface area contributed by atoms with Crippen molar-refractivity contribution in [1.29, 1.82) is 0 Å². The second-order valence-electron chi connectivity index (χ2n) is 5.05. The van der Waals surface area contributed by atoms with Gasteiger partial charge in [-0.05, 0) is 6.92 Å². The van der Waals surface area contributed by atoms with Crippen LogP contribution < -0.4 is 11.2 Å². The van der Waals surface area contributed by atoms with Crippen LogP contribution in [-0.2, 0) is 10.5 Å². The Morgan fingerprint density at radius 2 is 2.14 bits per heavy atom. The lowest BCUT2D eigenvalue weighted by Crippen LogP contribution is -2.43. The van der Waals surface area contributed by atoms with Gasteiger partial charge < -0.3 is 20.1 Å². The molecule has 1 aliphatic heterocycles. The van der Waals surface area contributed by atoms with Gasteiger partial charge in [-0.3, -0.25) is 19.3 Å². The number of aromatic amines is 2. The van der Waals surface area contributed by atoms with E-state index in [9.17, 15) is 19.8 Å². The van der Waals surface area contributed by atoms with Crippen molar-refractivity contribution in [3.63, 3.8) is 0 Å². The van der Waals surface area contributed by atoms with Gasteiger partial charge in [-0.2, -0.15) is 0 Å². The van der Waals surface area contributed by atoms with Crippen molar-refractivity contribution < 1.29 is 20.1 Å². The minimum absolute atomic E-state index is 0.0337. The molecule has 114 valence electrons. The maximum Gasteiger partial charge on any atom is 0.327 e. The van der Waals surface area contributed by atoms with Crippen LogP contribution in [0.4, 0.5) is 0 Å². The van der Waals surface area contributed by atoms with Crippen LogP contribution in [0.5, 0.6) is 0 Å². The second-order valence-corrected chi connectivity index (χ2v) is 5.05. The van der Waals surface area contributed by atoms with Gasteiger partial charge in [0, 0.05) is 0 Å². The summed E-state index contributed by atoms with van der Waals surface area (Å²) in [5.74, 6) is 0. The molecule has 1 fully saturated rings. The summed E-state index contributed by atoms with van der Waals surface area (Å²) in [6.45, 7) is 0.967. The minimum atomic E-state index is -1.49. The van der Waals surface area contributed by atoms with E-state index in [0.29, 0.717) is 0 Å². The molecule has 21 heavy (non-hydrogen) atoms. The molecule has 10 nitrogen and oxygen atoms in total. The van der Waals surface area contributed by atoms with Crippen LogP contribution in [0.15, 0.2) is 15.9 Å². The zero-order valence-electron chi connectivity index (χ0n) is 11.0. The summed E-state index contributed by atoms with van der Waals surface area (Å²) in [6, 6.07) is 0. The molecule has 5 N–H and O–H groups in total. The number of aliphatic hydroxyl groups is 3. The lowest BCUT2D eigenvalue weighted by molar-refractivity contribution is -0.132. The highest BCUT2D eigenvalue weighted by molar-refractivity contribution is 5.69. The molecule has 0 amide bonds. The molecule has 0 bridgehead atoms. The van der Waals surface area contributed by atoms with Crippen LogP contribution in [0.2, 0.25) is 0 Å². The number of fused-ring (bicyclic) bond motifs is 1. The number of aromatic nitrogens is 4. The van der Waals surface area contributed by atoms with Gasteiger partial charge in [0.05, 0.1) is 12.9 Å². The monoisotopic (exact) mass is 298 g/mol. The number of hydrogen-bond acceptors (Lipinski definition) is 7. The maximum absolute atomic E-state index is 11.7. The van der Waals surface area contributed by atoms with Crippen molar-refractivity contribution in [2.24, 2.45) is 0 Å². The molecular formula is C11H14N4O6. The largest absolute Gasteiger partial charge is 0.394 e. The summed E-state index contributed by atoms with van der Waals surface area (Å²) < 4.78 is 6.75. The number of aliphatic hydroxyl groups excluding tert-OH is 3. The lowest BCUT2D eigenvalue weighted by atomic mass is 10.0. The Hall–Kier alpha value is -2.01. The number of nitrogens with one attached hydrogen (secondary N) is 2. The molecule has 1 aliphatic rings.